The number of nitrogens with zero attached hydrogens (tertiary/aromatic N) is 2. The Balaban J connectivity index is 1.36. The second kappa shape index (κ2) is 12.1. The highest BCUT2D eigenvalue weighted by atomic mass is 35.5. The van der Waals surface area contributed by atoms with Gasteiger partial charge in [0.2, 0.25) is 15.9 Å². The van der Waals surface area contributed by atoms with Gasteiger partial charge in [-0.3, -0.25) is 9.69 Å². The number of rotatable bonds is 8. The molecule has 0 spiro atoms. The predicted molar refractivity (Wildman–Crippen MR) is 161 cm³/mol. The average Bonchev–Trinajstić information content (AvgIpc) is 2.95. The number of benzene rings is 4. The second-order valence-corrected chi connectivity index (χ2v) is 12.8. The molecule has 0 unspecified atom stereocenters. The van der Waals surface area contributed by atoms with Crippen molar-refractivity contribution in [1.29, 1.82) is 0 Å². The highest BCUT2D eigenvalue weighted by molar-refractivity contribution is 7.89. The number of hydrogen-bond donors (Lipinski definition) is 1. The van der Waals surface area contributed by atoms with E-state index in [-0.39, 0.29) is 23.3 Å². The fourth-order valence-corrected chi connectivity index (χ4v) is 6.55. The summed E-state index contributed by atoms with van der Waals surface area (Å²) in [6.07, 6.45) is 1.02. The third-order valence-corrected chi connectivity index (χ3v) is 9.39. The van der Waals surface area contributed by atoms with E-state index in [1.807, 2.05) is 36.1 Å². The molecule has 0 radical (unpaired) electrons. The third kappa shape index (κ3) is 6.73. The first-order valence-electron chi connectivity index (χ1n) is 13.5. The second-order valence-electron chi connectivity index (χ2n) is 10.6. The van der Waals surface area contributed by atoms with Crippen molar-refractivity contribution in [2.24, 2.45) is 0 Å². The van der Waals surface area contributed by atoms with Gasteiger partial charge in [0, 0.05) is 30.7 Å². The van der Waals surface area contributed by atoms with Crippen LogP contribution in [0.1, 0.15) is 16.7 Å². The van der Waals surface area contributed by atoms with Crippen LogP contribution in [0.3, 0.4) is 0 Å². The Hall–Kier alpha value is -3.23. The summed E-state index contributed by atoms with van der Waals surface area (Å²) in [7, 11) is -1.83. The van der Waals surface area contributed by atoms with Crippen LogP contribution in [0.2, 0.25) is 5.02 Å². The Labute approximate surface area is 241 Å². The van der Waals surface area contributed by atoms with E-state index in [1.54, 1.807) is 36.4 Å². The number of aryl methyl sites for hydroxylation is 1. The van der Waals surface area contributed by atoms with E-state index in [9.17, 15) is 13.2 Å². The molecule has 2 atom stereocenters. The van der Waals surface area contributed by atoms with Crippen LogP contribution >= 0.6 is 11.6 Å². The largest absolute Gasteiger partial charge is 0.338 e. The summed E-state index contributed by atoms with van der Waals surface area (Å²) < 4.78 is 29.4. The highest BCUT2D eigenvalue weighted by Gasteiger charge is 2.34. The number of hydrogen-bond acceptors (Lipinski definition) is 4. The fourth-order valence-electron chi connectivity index (χ4n) is 5.23. The molecule has 1 N–H and O–H groups in total. The predicted octanol–water partition coefficient (Wildman–Crippen LogP) is 5.08. The van der Waals surface area contributed by atoms with Crippen LogP contribution in [0.5, 0.6) is 0 Å². The molecule has 0 saturated carbocycles. The first-order chi connectivity index (χ1) is 19.2. The summed E-state index contributed by atoms with van der Waals surface area (Å²) in [4.78, 5) is 18.2. The molecule has 1 heterocycles. The van der Waals surface area contributed by atoms with E-state index in [2.05, 4.69) is 47.0 Å². The zero-order chi connectivity index (χ0) is 28.3. The molecule has 6 nitrogen and oxygen atoms in total. The van der Waals surface area contributed by atoms with Crippen molar-refractivity contribution in [1.82, 2.24) is 14.5 Å². The molecule has 4 aromatic carbocycles. The van der Waals surface area contributed by atoms with E-state index >= 15 is 0 Å². The Morgan fingerprint density at radius 1 is 0.925 bits per heavy atom. The molecule has 40 heavy (non-hydrogen) atoms. The maximum atomic E-state index is 14.0. The van der Waals surface area contributed by atoms with Crippen LogP contribution in [0.4, 0.5) is 0 Å². The molecule has 4 aromatic rings. The number of sulfonamides is 1. The summed E-state index contributed by atoms with van der Waals surface area (Å²) in [5, 5.41) is 2.98. The van der Waals surface area contributed by atoms with Crippen molar-refractivity contribution in [3.63, 3.8) is 0 Å². The number of nitrogens with one attached hydrogen (secondary N) is 1. The van der Waals surface area contributed by atoms with E-state index in [0.717, 1.165) is 17.5 Å². The van der Waals surface area contributed by atoms with Crippen molar-refractivity contribution >= 4 is 38.3 Å². The van der Waals surface area contributed by atoms with Gasteiger partial charge in [0.05, 0.1) is 4.90 Å². The minimum atomic E-state index is -3.92. The lowest BCUT2D eigenvalue weighted by Crippen LogP contribution is -2.58. The number of amides is 1. The van der Waals surface area contributed by atoms with Gasteiger partial charge in [-0.15, -0.1) is 0 Å². The van der Waals surface area contributed by atoms with Crippen LogP contribution in [0.15, 0.2) is 95.9 Å². The Kier molecular flexibility index (Phi) is 8.57. The molecule has 1 amide bonds. The highest BCUT2D eigenvalue weighted by Crippen LogP contribution is 2.21. The number of fused-ring (bicyclic) bond motifs is 1. The molecule has 0 aromatic heterocycles. The molecule has 0 bridgehead atoms. The number of carbonyl (C=O) groups is 1. The van der Waals surface area contributed by atoms with Gasteiger partial charge in [-0.05, 0) is 73.0 Å². The monoisotopic (exact) mass is 575 g/mol. The topological polar surface area (TPSA) is 69.7 Å². The lowest BCUT2D eigenvalue weighted by atomic mass is 9.98. The van der Waals surface area contributed by atoms with Gasteiger partial charge in [-0.1, -0.05) is 83.9 Å². The fraction of sp³-hybridized carbons (Fsp3) is 0.281. The summed E-state index contributed by atoms with van der Waals surface area (Å²) in [5.41, 5.74) is 3.00. The molecule has 8 heteroatoms. The average molecular weight is 576 g/mol. The van der Waals surface area contributed by atoms with Crippen molar-refractivity contribution in [2.75, 3.05) is 26.7 Å². The first-order valence-corrected chi connectivity index (χ1v) is 15.3. The van der Waals surface area contributed by atoms with E-state index in [1.165, 1.54) is 16.3 Å². The molecule has 208 valence electrons. The van der Waals surface area contributed by atoms with Gasteiger partial charge in [0.1, 0.15) is 6.04 Å². The minimum absolute atomic E-state index is 0.115. The summed E-state index contributed by atoms with van der Waals surface area (Å²) in [5.74, 6) is -0.220. The Morgan fingerprint density at radius 3 is 2.33 bits per heavy atom. The Bertz CT molecular complexity index is 1590. The van der Waals surface area contributed by atoms with Crippen LogP contribution in [-0.2, 0) is 27.7 Å². The quantitative estimate of drug-likeness (QED) is 0.318. The van der Waals surface area contributed by atoms with Gasteiger partial charge < -0.3 is 4.90 Å². The maximum absolute atomic E-state index is 14.0. The molecule has 1 aliphatic rings. The van der Waals surface area contributed by atoms with E-state index in [4.69, 9.17) is 11.6 Å². The van der Waals surface area contributed by atoms with Gasteiger partial charge in [0.15, 0.2) is 0 Å². The molecule has 1 aliphatic heterocycles. The van der Waals surface area contributed by atoms with Crippen molar-refractivity contribution in [2.45, 2.75) is 36.7 Å². The van der Waals surface area contributed by atoms with Crippen LogP contribution < -0.4 is 4.72 Å². The smallest absolute Gasteiger partial charge is 0.241 e. The van der Waals surface area contributed by atoms with Crippen LogP contribution in [-0.4, -0.2) is 62.9 Å². The van der Waals surface area contributed by atoms with Crippen LogP contribution in [0, 0.1) is 6.92 Å². The van der Waals surface area contributed by atoms with Gasteiger partial charge >= 0.3 is 0 Å². The summed E-state index contributed by atoms with van der Waals surface area (Å²) in [6.45, 7) is 3.67. The lowest BCUT2D eigenvalue weighted by molar-refractivity contribution is -0.135. The number of piperazine rings is 1. The summed E-state index contributed by atoms with van der Waals surface area (Å²) >= 11 is 6.07. The Morgan fingerprint density at radius 2 is 1.60 bits per heavy atom. The lowest BCUT2D eigenvalue weighted by Gasteiger charge is -2.41. The van der Waals surface area contributed by atoms with Crippen LogP contribution in [0.25, 0.3) is 10.8 Å². The number of carbonyl (C=O) groups excluding carboxylic acids is 1. The maximum Gasteiger partial charge on any atom is 0.241 e. The third-order valence-electron chi connectivity index (χ3n) is 7.65. The molecular weight excluding hydrogens is 542 g/mol. The minimum Gasteiger partial charge on any atom is -0.338 e. The van der Waals surface area contributed by atoms with Gasteiger partial charge in [0.25, 0.3) is 0 Å². The molecular formula is C32H34ClN3O3S. The number of likely N-dealkylation sites (N-methyl/N-ethyl adjacent to an activating group) is 1. The van der Waals surface area contributed by atoms with Crippen molar-refractivity contribution in [3.8, 4) is 0 Å². The zero-order valence-electron chi connectivity index (χ0n) is 22.8. The standard InChI is InChI=1S/C32H34ClN3O3S/c1-23-7-15-30(16-8-23)40(38,39)34-31(21-24-10-13-28(33)14-11-24)32(37)36-18-17-35(2)29(22-36)20-25-9-12-26-5-3-4-6-27(26)19-25/h3-16,19,29,31,34H,17-18,20-22H2,1-2H3/t29-,31-/m1/s1. The van der Waals surface area contributed by atoms with E-state index < -0.39 is 16.1 Å². The van der Waals surface area contributed by atoms with Crippen molar-refractivity contribution < 1.29 is 13.2 Å². The molecule has 5 rings (SSSR count). The molecule has 1 saturated heterocycles. The summed E-state index contributed by atoms with van der Waals surface area (Å²) in [6, 6.07) is 27.8. The number of halogens is 1. The van der Waals surface area contributed by atoms with E-state index in [0.29, 0.717) is 24.7 Å². The van der Waals surface area contributed by atoms with Crippen molar-refractivity contribution in [3.05, 3.63) is 113 Å². The zero-order valence-corrected chi connectivity index (χ0v) is 24.3. The molecule has 1 fully saturated rings. The SMILES string of the molecule is Cc1ccc(S(=O)(=O)N[C@H](Cc2ccc(Cl)cc2)C(=O)N2CCN(C)[C@H](Cc3ccc4ccccc4c3)C2)cc1. The molecule has 0 aliphatic carbocycles. The normalized spacial score (nSPS) is 17.2. The van der Waals surface area contributed by atoms with Gasteiger partial charge in [-0.25, -0.2) is 8.42 Å². The first kappa shape index (κ1) is 28.3. The van der Waals surface area contributed by atoms with Gasteiger partial charge in [-0.2, -0.15) is 4.72 Å².